The fourth-order valence-electron chi connectivity index (χ4n) is 3.47. The average Bonchev–Trinajstić information content (AvgIpc) is 3.50. The summed E-state index contributed by atoms with van der Waals surface area (Å²) in [7, 11) is 0. The zero-order valence-corrected chi connectivity index (χ0v) is 20.3. The lowest BCUT2D eigenvalue weighted by atomic mass is 10.1. The minimum Gasteiger partial charge on any atom is -0.467 e. The molecular weight excluding hydrogens is 440 g/mol. The van der Waals surface area contributed by atoms with E-state index in [9.17, 15) is 4.79 Å². The molecule has 3 aromatic heterocycles. The monoisotopic (exact) mass is 466 g/mol. The summed E-state index contributed by atoms with van der Waals surface area (Å²) < 4.78 is 7.53. The van der Waals surface area contributed by atoms with E-state index < -0.39 is 0 Å². The topological polar surface area (TPSA) is 64.2 Å². The molecule has 166 valence electrons. The van der Waals surface area contributed by atoms with E-state index >= 15 is 0 Å². The van der Waals surface area contributed by atoms with Gasteiger partial charge in [-0.3, -0.25) is 9.36 Å². The van der Waals surface area contributed by atoms with Crippen LogP contribution in [0.5, 0.6) is 0 Å². The van der Waals surface area contributed by atoms with Gasteiger partial charge in [-0.2, -0.15) is 0 Å². The Hall–Kier alpha value is -2.84. The summed E-state index contributed by atoms with van der Waals surface area (Å²) in [4.78, 5) is 17.5. The van der Waals surface area contributed by atoms with E-state index in [1.807, 2.05) is 28.5 Å². The molecule has 0 saturated heterocycles. The van der Waals surface area contributed by atoms with Gasteiger partial charge in [0.15, 0.2) is 5.16 Å². The number of rotatable bonds is 8. The van der Waals surface area contributed by atoms with Crippen molar-refractivity contribution in [3.05, 3.63) is 81.2 Å². The summed E-state index contributed by atoms with van der Waals surface area (Å²) in [6, 6.07) is 14.2. The van der Waals surface area contributed by atoms with E-state index in [4.69, 9.17) is 4.42 Å². The van der Waals surface area contributed by atoms with Gasteiger partial charge in [0.25, 0.3) is 0 Å². The largest absolute Gasteiger partial charge is 0.467 e. The van der Waals surface area contributed by atoms with E-state index in [1.54, 1.807) is 17.6 Å². The van der Waals surface area contributed by atoms with Crippen LogP contribution in [0.2, 0.25) is 0 Å². The molecule has 0 N–H and O–H groups in total. The highest BCUT2D eigenvalue weighted by Gasteiger charge is 2.20. The van der Waals surface area contributed by atoms with Gasteiger partial charge in [-0.25, -0.2) is 0 Å². The number of carbonyl (C=O) groups excluding carboxylic acids is 1. The first-order chi connectivity index (χ1) is 15.4. The molecule has 0 saturated carbocycles. The standard InChI is InChI=1S/C24H26N4O2S2/c1-16-7-8-17(2)22(12-16)28-19(4)25-26-24(28)31-15-23(29)27(13-20-6-5-11-30-20)14-21-10-9-18(3)32-21/h5-12H,13-15H2,1-4H3. The fourth-order valence-corrected chi connectivity index (χ4v) is 5.27. The van der Waals surface area contributed by atoms with Crippen molar-refractivity contribution < 1.29 is 9.21 Å². The third-order valence-electron chi connectivity index (χ3n) is 5.15. The molecule has 0 bridgehead atoms. The first kappa shape index (κ1) is 22.4. The van der Waals surface area contributed by atoms with Crippen LogP contribution in [0.3, 0.4) is 0 Å². The molecule has 4 rings (SSSR count). The van der Waals surface area contributed by atoms with E-state index in [1.165, 1.54) is 22.2 Å². The second-order valence-corrected chi connectivity index (χ2v) is 10.1. The van der Waals surface area contributed by atoms with Gasteiger partial charge in [0, 0.05) is 9.75 Å². The van der Waals surface area contributed by atoms with Crippen LogP contribution in [0.25, 0.3) is 5.69 Å². The SMILES string of the molecule is Cc1ccc(C)c(-n2c(C)nnc2SCC(=O)N(Cc2ccco2)Cc2ccc(C)s2)c1. The first-order valence-electron chi connectivity index (χ1n) is 10.4. The molecule has 0 aliphatic rings. The number of thioether (sulfide) groups is 1. The third-order valence-corrected chi connectivity index (χ3v) is 7.05. The van der Waals surface area contributed by atoms with Crippen molar-refractivity contribution in [2.75, 3.05) is 5.75 Å². The van der Waals surface area contributed by atoms with Crippen LogP contribution in [0.15, 0.2) is 58.3 Å². The van der Waals surface area contributed by atoms with Crippen molar-refractivity contribution >= 4 is 29.0 Å². The number of hydrogen-bond acceptors (Lipinski definition) is 6. The molecule has 0 atom stereocenters. The summed E-state index contributed by atoms with van der Waals surface area (Å²) >= 11 is 3.12. The van der Waals surface area contributed by atoms with Crippen molar-refractivity contribution in [2.45, 2.75) is 45.9 Å². The maximum Gasteiger partial charge on any atom is 0.233 e. The molecular formula is C24H26N4O2S2. The van der Waals surface area contributed by atoms with Gasteiger partial charge >= 0.3 is 0 Å². The Balaban J connectivity index is 1.52. The zero-order valence-electron chi connectivity index (χ0n) is 18.7. The lowest BCUT2D eigenvalue weighted by Gasteiger charge is -2.21. The second kappa shape index (κ2) is 9.75. The van der Waals surface area contributed by atoms with E-state index in [-0.39, 0.29) is 11.7 Å². The predicted molar refractivity (Wildman–Crippen MR) is 128 cm³/mol. The van der Waals surface area contributed by atoms with Crippen LogP contribution in [0.4, 0.5) is 0 Å². The van der Waals surface area contributed by atoms with Gasteiger partial charge in [-0.05, 0) is 69.2 Å². The van der Waals surface area contributed by atoms with E-state index in [2.05, 4.69) is 61.3 Å². The predicted octanol–water partition coefficient (Wildman–Crippen LogP) is 5.48. The van der Waals surface area contributed by atoms with Crippen molar-refractivity contribution in [1.29, 1.82) is 0 Å². The maximum absolute atomic E-state index is 13.2. The molecule has 4 aromatic rings. The minimum absolute atomic E-state index is 0.0330. The van der Waals surface area contributed by atoms with Gasteiger partial charge in [0.05, 0.1) is 30.8 Å². The summed E-state index contributed by atoms with van der Waals surface area (Å²) in [5.41, 5.74) is 3.35. The van der Waals surface area contributed by atoms with Crippen LogP contribution in [-0.2, 0) is 17.9 Å². The average molecular weight is 467 g/mol. The first-order valence-corrected chi connectivity index (χ1v) is 12.2. The van der Waals surface area contributed by atoms with Crippen LogP contribution in [0.1, 0.15) is 32.5 Å². The summed E-state index contributed by atoms with van der Waals surface area (Å²) in [6.45, 7) is 9.14. The molecule has 0 aliphatic carbocycles. The Bertz CT molecular complexity index is 1210. The van der Waals surface area contributed by atoms with Crippen molar-refractivity contribution in [3.63, 3.8) is 0 Å². The normalized spacial score (nSPS) is 11.1. The molecule has 32 heavy (non-hydrogen) atoms. The third kappa shape index (κ3) is 5.14. The number of nitrogens with zero attached hydrogens (tertiary/aromatic N) is 4. The van der Waals surface area contributed by atoms with Crippen LogP contribution < -0.4 is 0 Å². The van der Waals surface area contributed by atoms with Crippen molar-refractivity contribution in [3.8, 4) is 5.69 Å². The number of amides is 1. The number of aryl methyl sites for hydroxylation is 4. The number of furan rings is 1. The van der Waals surface area contributed by atoms with Crippen molar-refractivity contribution in [2.24, 2.45) is 0 Å². The highest BCUT2D eigenvalue weighted by atomic mass is 32.2. The van der Waals surface area contributed by atoms with Crippen LogP contribution >= 0.6 is 23.1 Å². The molecule has 0 unspecified atom stereocenters. The molecule has 1 amide bonds. The molecule has 0 fully saturated rings. The molecule has 1 aromatic carbocycles. The summed E-state index contributed by atoms with van der Waals surface area (Å²) in [5.74, 6) is 1.88. The van der Waals surface area contributed by atoms with E-state index in [0.29, 0.717) is 13.1 Å². The minimum atomic E-state index is 0.0330. The van der Waals surface area contributed by atoms with Gasteiger partial charge in [-0.15, -0.1) is 21.5 Å². The van der Waals surface area contributed by atoms with Gasteiger partial charge in [-0.1, -0.05) is 23.9 Å². The molecule has 0 aliphatic heterocycles. The number of benzene rings is 1. The lowest BCUT2D eigenvalue weighted by molar-refractivity contribution is -0.129. The smallest absolute Gasteiger partial charge is 0.233 e. The van der Waals surface area contributed by atoms with E-state index in [0.717, 1.165) is 32.9 Å². The Kier molecular flexibility index (Phi) is 6.81. The summed E-state index contributed by atoms with van der Waals surface area (Å²) in [6.07, 6.45) is 1.64. The Morgan fingerprint density at radius 3 is 2.66 bits per heavy atom. The molecule has 8 heteroatoms. The molecule has 0 spiro atoms. The number of aromatic nitrogens is 3. The zero-order chi connectivity index (χ0) is 22.7. The highest BCUT2D eigenvalue weighted by molar-refractivity contribution is 7.99. The summed E-state index contributed by atoms with van der Waals surface area (Å²) in [5, 5.41) is 9.33. The van der Waals surface area contributed by atoms with Gasteiger partial charge < -0.3 is 9.32 Å². The number of thiophene rings is 1. The second-order valence-electron chi connectivity index (χ2n) is 7.79. The molecule has 0 radical (unpaired) electrons. The Morgan fingerprint density at radius 1 is 1.09 bits per heavy atom. The van der Waals surface area contributed by atoms with Crippen LogP contribution in [-0.4, -0.2) is 31.3 Å². The van der Waals surface area contributed by atoms with Crippen molar-refractivity contribution in [1.82, 2.24) is 19.7 Å². The Labute approximate surface area is 196 Å². The highest BCUT2D eigenvalue weighted by Crippen LogP contribution is 2.26. The fraction of sp³-hybridized carbons (Fsp3) is 0.292. The number of carbonyl (C=O) groups is 1. The Morgan fingerprint density at radius 2 is 1.94 bits per heavy atom. The number of hydrogen-bond donors (Lipinski definition) is 0. The van der Waals surface area contributed by atoms with Crippen LogP contribution in [0, 0.1) is 27.7 Å². The van der Waals surface area contributed by atoms with Gasteiger partial charge in [0.1, 0.15) is 11.6 Å². The lowest BCUT2D eigenvalue weighted by Crippen LogP contribution is -2.31. The maximum atomic E-state index is 13.2. The van der Waals surface area contributed by atoms with Gasteiger partial charge in [0.2, 0.25) is 5.91 Å². The molecule has 3 heterocycles. The quantitative estimate of drug-likeness (QED) is 0.322. The molecule has 6 nitrogen and oxygen atoms in total.